The Balaban J connectivity index is 2.18. The molecular weight excluding hydrogens is 254 g/mol. The van der Waals surface area contributed by atoms with Gasteiger partial charge in [-0.25, -0.2) is 8.78 Å². The zero-order valence-corrected chi connectivity index (χ0v) is 10.2. The number of benzene rings is 1. The molecule has 0 spiro atoms. The largest absolute Gasteiger partial charge is 0.480 e. The Bertz CT molecular complexity index is 541. The number of aromatic nitrogens is 2. The van der Waals surface area contributed by atoms with Crippen LogP contribution >= 0.6 is 0 Å². The van der Waals surface area contributed by atoms with Crippen molar-refractivity contribution in [3.63, 3.8) is 0 Å². The lowest BCUT2D eigenvalue weighted by Crippen LogP contribution is -2.08. The normalized spacial score (nSPS) is 12.2. The minimum Gasteiger partial charge on any atom is -0.480 e. The van der Waals surface area contributed by atoms with E-state index in [1.54, 1.807) is 0 Å². The SMILES string of the molecule is COc1ccc(C(O)Cc2c(F)cccc2F)nn1. The van der Waals surface area contributed by atoms with Gasteiger partial charge in [-0.05, 0) is 18.2 Å². The number of methoxy groups -OCH3 is 1. The van der Waals surface area contributed by atoms with Gasteiger partial charge in [0.05, 0.1) is 12.8 Å². The Kier molecular flexibility index (Phi) is 4.01. The summed E-state index contributed by atoms with van der Waals surface area (Å²) in [6, 6.07) is 6.57. The van der Waals surface area contributed by atoms with E-state index in [9.17, 15) is 13.9 Å². The highest BCUT2D eigenvalue weighted by molar-refractivity contribution is 5.22. The van der Waals surface area contributed by atoms with Crippen molar-refractivity contribution in [3.05, 3.63) is 53.2 Å². The molecule has 1 aromatic carbocycles. The first kappa shape index (κ1) is 13.4. The van der Waals surface area contributed by atoms with E-state index in [1.807, 2.05) is 0 Å². The van der Waals surface area contributed by atoms with E-state index >= 15 is 0 Å². The zero-order chi connectivity index (χ0) is 13.8. The van der Waals surface area contributed by atoms with Gasteiger partial charge in [0.25, 0.3) is 0 Å². The minimum absolute atomic E-state index is 0.174. The second kappa shape index (κ2) is 5.71. The predicted molar refractivity (Wildman–Crippen MR) is 63.6 cm³/mol. The maximum Gasteiger partial charge on any atom is 0.233 e. The molecule has 0 aliphatic carbocycles. The van der Waals surface area contributed by atoms with Gasteiger partial charge < -0.3 is 9.84 Å². The van der Waals surface area contributed by atoms with Crippen molar-refractivity contribution in [3.8, 4) is 5.88 Å². The molecule has 1 heterocycles. The fraction of sp³-hybridized carbons (Fsp3) is 0.231. The van der Waals surface area contributed by atoms with Crippen molar-refractivity contribution in [2.45, 2.75) is 12.5 Å². The molecule has 1 atom stereocenters. The van der Waals surface area contributed by atoms with E-state index < -0.39 is 17.7 Å². The van der Waals surface area contributed by atoms with Crippen LogP contribution in [0.3, 0.4) is 0 Å². The van der Waals surface area contributed by atoms with Crippen molar-refractivity contribution < 1.29 is 18.6 Å². The van der Waals surface area contributed by atoms with Gasteiger partial charge in [0.2, 0.25) is 5.88 Å². The molecule has 2 rings (SSSR count). The van der Waals surface area contributed by atoms with Crippen LogP contribution in [0.4, 0.5) is 8.78 Å². The van der Waals surface area contributed by atoms with Gasteiger partial charge in [0.1, 0.15) is 17.7 Å². The van der Waals surface area contributed by atoms with Crippen LogP contribution in [0.15, 0.2) is 30.3 Å². The lowest BCUT2D eigenvalue weighted by atomic mass is 10.0. The number of nitrogens with zero attached hydrogens (tertiary/aromatic N) is 2. The van der Waals surface area contributed by atoms with Gasteiger partial charge in [0.15, 0.2) is 0 Å². The van der Waals surface area contributed by atoms with Crippen molar-refractivity contribution in [1.29, 1.82) is 0 Å². The summed E-state index contributed by atoms with van der Waals surface area (Å²) < 4.78 is 31.7. The van der Waals surface area contributed by atoms with E-state index in [1.165, 1.54) is 25.3 Å². The number of hydrogen-bond donors (Lipinski definition) is 1. The smallest absolute Gasteiger partial charge is 0.233 e. The van der Waals surface area contributed by atoms with Gasteiger partial charge in [0, 0.05) is 18.1 Å². The van der Waals surface area contributed by atoms with Crippen LogP contribution in [0.5, 0.6) is 5.88 Å². The molecule has 1 N–H and O–H groups in total. The summed E-state index contributed by atoms with van der Waals surface area (Å²) in [5, 5.41) is 17.3. The van der Waals surface area contributed by atoms with Crippen LogP contribution in [0.1, 0.15) is 17.4 Å². The molecule has 100 valence electrons. The third-order valence-electron chi connectivity index (χ3n) is 2.67. The fourth-order valence-corrected chi connectivity index (χ4v) is 1.64. The molecule has 0 amide bonds. The number of rotatable bonds is 4. The first-order valence-corrected chi connectivity index (χ1v) is 5.60. The van der Waals surface area contributed by atoms with E-state index in [0.29, 0.717) is 5.88 Å². The molecule has 0 saturated carbocycles. The third kappa shape index (κ3) is 3.03. The highest BCUT2D eigenvalue weighted by Gasteiger charge is 2.16. The van der Waals surface area contributed by atoms with Gasteiger partial charge in [-0.3, -0.25) is 0 Å². The zero-order valence-electron chi connectivity index (χ0n) is 10.2. The second-order valence-corrected chi connectivity index (χ2v) is 3.92. The lowest BCUT2D eigenvalue weighted by Gasteiger charge is -2.11. The van der Waals surface area contributed by atoms with Gasteiger partial charge in [-0.2, -0.15) is 0 Å². The molecule has 1 aromatic heterocycles. The van der Waals surface area contributed by atoms with Gasteiger partial charge >= 0.3 is 0 Å². The Morgan fingerprint density at radius 2 is 1.84 bits per heavy atom. The predicted octanol–water partition coefficient (Wildman–Crippen LogP) is 2.04. The van der Waals surface area contributed by atoms with Crippen molar-refractivity contribution in [2.75, 3.05) is 7.11 Å². The van der Waals surface area contributed by atoms with Crippen LogP contribution in [-0.2, 0) is 6.42 Å². The number of hydrogen-bond acceptors (Lipinski definition) is 4. The molecule has 0 radical (unpaired) electrons. The molecule has 0 aliphatic heterocycles. The summed E-state index contributed by atoms with van der Waals surface area (Å²) in [4.78, 5) is 0. The first-order valence-electron chi connectivity index (χ1n) is 5.60. The van der Waals surface area contributed by atoms with Gasteiger partial charge in [-0.1, -0.05) is 6.07 Å². The van der Waals surface area contributed by atoms with E-state index in [0.717, 1.165) is 12.1 Å². The molecule has 2 aromatic rings. The Labute approximate surface area is 108 Å². The Morgan fingerprint density at radius 1 is 1.16 bits per heavy atom. The standard InChI is InChI=1S/C13H12F2N2O2/c1-19-13-6-5-11(16-17-13)12(18)7-8-9(14)3-2-4-10(8)15/h2-6,12,18H,7H2,1H3. The average molecular weight is 266 g/mol. The minimum atomic E-state index is -1.13. The number of halogens is 2. The van der Waals surface area contributed by atoms with E-state index in [2.05, 4.69) is 10.2 Å². The molecule has 19 heavy (non-hydrogen) atoms. The van der Waals surface area contributed by atoms with Gasteiger partial charge in [-0.15, -0.1) is 10.2 Å². The third-order valence-corrected chi connectivity index (χ3v) is 2.67. The highest BCUT2D eigenvalue weighted by atomic mass is 19.1. The summed E-state index contributed by atoms with van der Waals surface area (Å²) in [5.74, 6) is -1.09. The summed E-state index contributed by atoms with van der Waals surface area (Å²) >= 11 is 0. The quantitative estimate of drug-likeness (QED) is 0.920. The van der Waals surface area contributed by atoms with Crippen LogP contribution < -0.4 is 4.74 Å². The molecule has 1 unspecified atom stereocenters. The second-order valence-electron chi connectivity index (χ2n) is 3.92. The molecule has 4 nitrogen and oxygen atoms in total. The van der Waals surface area contributed by atoms with E-state index in [-0.39, 0.29) is 17.7 Å². The average Bonchev–Trinajstić information content (AvgIpc) is 2.43. The van der Waals surface area contributed by atoms with Crippen LogP contribution in [0, 0.1) is 11.6 Å². The number of aliphatic hydroxyl groups is 1. The van der Waals surface area contributed by atoms with Crippen molar-refractivity contribution in [2.24, 2.45) is 0 Å². The molecule has 0 saturated heterocycles. The monoisotopic (exact) mass is 266 g/mol. The summed E-state index contributed by atoms with van der Waals surface area (Å²) in [6.07, 6.45) is -1.34. The molecule has 0 fully saturated rings. The lowest BCUT2D eigenvalue weighted by molar-refractivity contribution is 0.169. The van der Waals surface area contributed by atoms with Crippen LogP contribution in [0.25, 0.3) is 0 Å². The number of aliphatic hydroxyl groups excluding tert-OH is 1. The number of ether oxygens (including phenoxy) is 1. The van der Waals surface area contributed by atoms with E-state index in [4.69, 9.17) is 4.74 Å². The highest BCUT2D eigenvalue weighted by Crippen LogP contribution is 2.21. The van der Waals surface area contributed by atoms with Crippen molar-refractivity contribution >= 4 is 0 Å². The van der Waals surface area contributed by atoms with Crippen molar-refractivity contribution in [1.82, 2.24) is 10.2 Å². The summed E-state index contributed by atoms with van der Waals surface area (Å²) in [6.45, 7) is 0. The maximum atomic E-state index is 13.4. The topological polar surface area (TPSA) is 55.2 Å². The fourth-order valence-electron chi connectivity index (χ4n) is 1.64. The molecule has 6 heteroatoms. The van der Waals surface area contributed by atoms with Crippen LogP contribution in [0.2, 0.25) is 0 Å². The maximum absolute atomic E-state index is 13.4. The summed E-state index contributed by atoms with van der Waals surface area (Å²) in [7, 11) is 1.44. The Morgan fingerprint density at radius 3 is 2.37 bits per heavy atom. The molecule has 0 bridgehead atoms. The van der Waals surface area contributed by atoms with Crippen LogP contribution in [-0.4, -0.2) is 22.4 Å². The first-order chi connectivity index (χ1) is 9.11. The molecule has 0 aliphatic rings. The Hall–Kier alpha value is -2.08. The summed E-state index contributed by atoms with van der Waals surface area (Å²) in [5.41, 5.74) is 0.0519. The molecular formula is C13H12F2N2O2.